The van der Waals surface area contributed by atoms with Crippen LogP contribution in [0.2, 0.25) is 10.0 Å². The monoisotopic (exact) mass is 255 g/mol. The molecular formula is C12H11Cl2NO. The Kier molecular flexibility index (Phi) is 3.39. The van der Waals surface area contributed by atoms with Gasteiger partial charge in [-0.25, -0.2) is 0 Å². The largest absolute Gasteiger partial charge is 0.391 e. The highest BCUT2D eigenvalue weighted by atomic mass is 35.5. The molecule has 1 N–H and O–H groups in total. The van der Waals surface area contributed by atoms with Crippen molar-refractivity contribution in [3.8, 4) is 6.07 Å². The maximum Gasteiger partial charge on any atom is 0.0988 e. The molecule has 0 aliphatic heterocycles. The Hall–Kier alpha value is -0.750. The molecule has 2 atom stereocenters. The molecule has 2 nitrogen and oxygen atoms in total. The number of hydrogen-bond donors (Lipinski definition) is 1. The fourth-order valence-corrected chi connectivity index (χ4v) is 2.32. The lowest BCUT2D eigenvalue weighted by Crippen LogP contribution is -2.19. The Morgan fingerprint density at radius 3 is 2.56 bits per heavy atom. The Morgan fingerprint density at radius 2 is 2.06 bits per heavy atom. The van der Waals surface area contributed by atoms with Gasteiger partial charge < -0.3 is 5.11 Å². The van der Waals surface area contributed by atoms with Crippen LogP contribution < -0.4 is 0 Å². The molecule has 84 valence electrons. The summed E-state index contributed by atoms with van der Waals surface area (Å²) >= 11 is 11.8. The van der Waals surface area contributed by atoms with Gasteiger partial charge in [0, 0.05) is 10.0 Å². The number of halogens is 2. The summed E-state index contributed by atoms with van der Waals surface area (Å²) in [6, 6.07) is 7.12. The Labute approximate surface area is 104 Å². The molecule has 0 amide bonds. The summed E-state index contributed by atoms with van der Waals surface area (Å²) in [7, 11) is 0. The quantitative estimate of drug-likeness (QED) is 0.900. The Bertz CT molecular complexity index is 437. The van der Waals surface area contributed by atoms with E-state index in [4.69, 9.17) is 28.5 Å². The molecule has 2 rings (SSSR count). The lowest BCUT2D eigenvalue weighted by atomic mass is 9.92. The summed E-state index contributed by atoms with van der Waals surface area (Å²) in [5.41, 5.74) is 0.660. The van der Waals surface area contributed by atoms with Crippen LogP contribution in [0.5, 0.6) is 0 Å². The summed E-state index contributed by atoms with van der Waals surface area (Å²) < 4.78 is 0. The molecule has 0 aromatic heterocycles. The predicted molar refractivity (Wildman–Crippen MR) is 63.5 cm³/mol. The van der Waals surface area contributed by atoms with E-state index in [-0.39, 0.29) is 5.92 Å². The average Bonchev–Trinajstić information content (AvgIpc) is 3.05. The topological polar surface area (TPSA) is 44.0 Å². The molecular weight excluding hydrogens is 245 g/mol. The zero-order valence-corrected chi connectivity index (χ0v) is 10.0. The molecule has 1 fully saturated rings. The highest BCUT2D eigenvalue weighted by Crippen LogP contribution is 2.40. The zero-order chi connectivity index (χ0) is 11.7. The van der Waals surface area contributed by atoms with Crippen LogP contribution in [0.25, 0.3) is 0 Å². The van der Waals surface area contributed by atoms with Gasteiger partial charge in [0.2, 0.25) is 0 Å². The fourth-order valence-electron chi connectivity index (χ4n) is 1.79. The third kappa shape index (κ3) is 2.32. The van der Waals surface area contributed by atoms with Crippen LogP contribution in [0.15, 0.2) is 18.2 Å². The number of rotatable bonds is 3. The maximum absolute atomic E-state index is 9.98. The van der Waals surface area contributed by atoms with Crippen LogP contribution in [0, 0.1) is 17.2 Å². The minimum Gasteiger partial charge on any atom is -0.391 e. The first kappa shape index (κ1) is 11.7. The third-order valence-corrected chi connectivity index (χ3v) is 3.45. The highest BCUT2D eigenvalue weighted by Gasteiger charge is 2.36. The zero-order valence-electron chi connectivity index (χ0n) is 8.53. The van der Waals surface area contributed by atoms with E-state index in [2.05, 4.69) is 6.07 Å². The van der Waals surface area contributed by atoms with E-state index >= 15 is 0 Å². The van der Waals surface area contributed by atoms with Gasteiger partial charge in [0.05, 0.1) is 18.1 Å². The van der Waals surface area contributed by atoms with E-state index in [1.807, 2.05) is 0 Å². The molecule has 0 bridgehead atoms. The molecule has 1 aromatic carbocycles. The van der Waals surface area contributed by atoms with Gasteiger partial charge in [0.15, 0.2) is 0 Å². The Morgan fingerprint density at radius 1 is 1.38 bits per heavy atom. The first-order valence-corrected chi connectivity index (χ1v) is 5.91. The normalized spacial score (nSPS) is 18.9. The third-order valence-electron chi connectivity index (χ3n) is 2.88. The summed E-state index contributed by atoms with van der Waals surface area (Å²) in [5.74, 6) is -0.311. The van der Waals surface area contributed by atoms with Gasteiger partial charge in [-0.05, 0) is 36.5 Å². The molecule has 1 aromatic rings. The highest BCUT2D eigenvalue weighted by molar-refractivity contribution is 6.35. The Balaban J connectivity index is 2.29. The van der Waals surface area contributed by atoms with Crippen molar-refractivity contribution in [2.24, 2.45) is 5.92 Å². The van der Waals surface area contributed by atoms with Gasteiger partial charge in [-0.3, -0.25) is 0 Å². The standard InChI is InChI=1S/C12H11Cl2NO/c13-8-3-4-9(11(14)5-8)10(6-15)12(16)7-1-2-7/h3-5,7,10,12,16H,1-2H2. The van der Waals surface area contributed by atoms with E-state index in [0.717, 1.165) is 12.8 Å². The number of aliphatic hydroxyl groups excluding tert-OH is 1. The summed E-state index contributed by atoms with van der Waals surface area (Å²) in [6.07, 6.45) is 1.36. The van der Waals surface area contributed by atoms with Crippen LogP contribution in [-0.4, -0.2) is 11.2 Å². The van der Waals surface area contributed by atoms with Crippen LogP contribution >= 0.6 is 23.2 Å². The predicted octanol–water partition coefficient (Wildman–Crippen LogP) is 3.37. The van der Waals surface area contributed by atoms with Gasteiger partial charge in [-0.2, -0.15) is 5.26 Å². The SMILES string of the molecule is N#CC(c1ccc(Cl)cc1Cl)C(O)C1CC1. The average molecular weight is 256 g/mol. The second kappa shape index (κ2) is 4.63. The van der Waals surface area contributed by atoms with E-state index in [1.54, 1.807) is 18.2 Å². The van der Waals surface area contributed by atoms with Crippen molar-refractivity contribution < 1.29 is 5.11 Å². The van der Waals surface area contributed by atoms with Crippen molar-refractivity contribution >= 4 is 23.2 Å². The van der Waals surface area contributed by atoms with Crippen LogP contribution in [0.1, 0.15) is 24.3 Å². The van der Waals surface area contributed by atoms with E-state index in [9.17, 15) is 5.11 Å². The van der Waals surface area contributed by atoms with E-state index in [1.165, 1.54) is 0 Å². The van der Waals surface area contributed by atoms with Crippen molar-refractivity contribution in [3.63, 3.8) is 0 Å². The second-order valence-electron chi connectivity index (χ2n) is 4.10. The van der Waals surface area contributed by atoms with E-state index < -0.39 is 12.0 Å². The van der Waals surface area contributed by atoms with Crippen molar-refractivity contribution in [1.82, 2.24) is 0 Å². The number of hydrogen-bond acceptors (Lipinski definition) is 2. The molecule has 0 heterocycles. The molecule has 1 aliphatic rings. The molecule has 4 heteroatoms. The molecule has 0 saturated heterocycles. The molecule has 0 radical (unpaired) electrons. The lowest BCUT2D eigenvalue weighted by molar-refractivity contribution is 0.138. The first-order chi connectivity index (χ1) is 7.63. The summed E-state index contributed by atoms with van der Waals surface area (Å²) in [4.78, 5) is 0. The minimum atomic E-state index is -0.622. The lowest BCUT2D eigenvalue weighted by Gasteiger charge is -2.17. The maximum atomic E-state index is 9.98. The van der Waals surface area contributed by atoms with Crippen LogP contribution in [0.4, 0.5) is 0 Å². The smallest absolute Gasteiger partial charge is 0.0988 e. The number of nitriles is 1. The number of aliphatic hydroxyl groups is 1. The van der Waals surface area contributed by atoms with Gasteiger partial charge in [0.1, 0.15) is 0 Å². The summed E-state index contributed by atoms with van der Waals surface area (Å²) in [5, 5.41) is 20.1. The van der Waals surface area contributed by atoms with Gasteiger partial charge in [-0.15, -0.1) is 0 Å². The summed E-state index contributed by atoms with van der Waals surface area (Å²) in [6.45, 7) is 0. The van der Waals surface area contributed by atoms with Crippen molar-refractivity contribution in [2.75, 3.05) is 0 Å². The number of nitrogens with zero attached hydrogens (tertiary/aromatic N) is 1. The van der Waals surface area contributed by atoms with Gasteiger partial charge in [0.25, 0.3) is 0 Å². The fraction of sp³-hybridized carbons (Fsp3) is 0.417. The molecule has 16 heavy (non-hydrogen) atoms. The van der Waals surface area contributed by atoms with Crippen molar-refractivity contribution in [2.45, 2.75) is 24.9 Å². The minimum absolute atomic E-state index is 0.247. The molecule has 2 unspecified atom stereocenters. The molecule has 0 spiro atoms. The number of benzene rings is 1. The molecule has 1 saturated carbocycles. The van der Waals surface area contributed by atoms with Crippen molar-refractivity contribution in [3.05, 3.63) is 33.8 Å². The molecule has 1 aliphatic carbocycles. The van der Waals surface area contributed by atoms with E-state index in [0.29, 0.717) is 15.6 Å². The van der Waals surface area contributed by atoms with Gasteiger partial charge >= 0.3 is 0 Å². The van der Waals surface area contributed by atoms with Crippen molar-refractivity contribution in [1.29, 1.82) is 5.26 Å². The first-order valence-electron chi connectivity index (χ1n) is 5.16. The van der Waals surface area contributed by atoms with Crippen LogP contribution in [-0.2, 0) is 0 Å². The van der Waals surface area contributed by atoms with Crippen LogP contribution in [0.3, 0.4) is 0 Å². The van der Waals surface area contributed by atoms with Gasteiger partial charge in [-0.1, -0.05) is 29.3 Å². The second-order valence-corrected chi connectivity index (χ2v) is 4.94.